The fraction of sp³-hybridized carbons (Fsp3) is 0.368. The van der Waals surface area contributed by atoms with E-state index in [1.165, 1.54) is 0 Å². The van der Waals surface area contributed by atoms with Gasteiger partial charge in [0.1, 0.15) is 11.5 Å². The number of amides is 1. The van der Waals surface area contributed by atoms with Gasteiger partial charge >= 0.3 is 0 Å². The maximum absolute atomic E-state index is 12.5. The first-order valence-corrected chi connectivity index (χ1v) is 9.48. The number of nitrogens with zero attached hydrogens (tertiary/aromatic N) is 3. The second kappa shape index (κ2) is 7.70. The lowest BCUT2D eigenvalue weighted by molar-refractivity contribution is 0.0951. The van der Waals surface area contributed by atoms with Crippen LogP contribution >= 0.6 is 11.3 Å². The summed E-state index contributed by atoms with van der Waals surface area (Å²) in [5.41, 5.74) is 2.49. The molecule has 1 N–H and O–H groups in total. The number of hydrogen-bond donors (Lipinski definition) is 1. The number of thiophene rings is 1. The average Bonchev–Trinajstić information content (AvgIpc) is 3.23. The average molecular weight is 356 g/mol. The third-order valence-corrected chi connectivity index (χ3v) is 5.11. The maximum Gasteiger partial charge on any atom is 0.253 e. The number of pyridine rings is 1. The zero-order chi connectivity index (χ0) is 17.8. The quantitative estimate of drug-likeness (QED) is 0.699. The van der Waals surface area contributed by atoms with E-state index in [9.17, 15) is 4.79 Å². The Hall–Kier alpha value is -2.34. The molecule has 0 unspecified atom stereocenters. The number of anilines is 1. The second-order valence-corrected chi connectivity index (χ2v) is 7.24. The van der Waals surface area contributed by atoms with Crippen molar-refractivity contribution in [2.24, 2.45) is 0 Å². The lowest BCUT2D eigenvalue weighted by Gasteiger charge is -2.19. The number of carbonyl (C=O) groups is 1. The van der Waals surface area contributed by atoms with Gasteiger partial charge in [0.2, 0.25) is 0 Å². The van der Waals surface area contributed by atoms with E-state index in [1.54, 1.807) is 11.3 Å². The first kappa shape index (κ1) is 17.5. The van der Waals surface area contributed by atoms with Crippen molar-refractivity contribution in [2.75, 3.05) is 18.5 Å². The van der Waals surface area contributed by atoms with Crippen LogP contribution in [-0.4, -0.2) is 28.9 Å². The van der Waals surface area contributed by atoms with Crippen molar-refractivity contribution >= 4 is 28.7 Å². The van der Waals surface area contributed by atoms with Gasteiger partial charge in [0.05, 0.1) is 17.8 Å². The lowest BCUT2D eigenvalue weighted by Crippen LogP contribution is -2.23. The third kappa shape index (κ3) is 3.85. The molecule has 0 spiro atoms. The first-order chi connectivity index (χ1) is 12.1. The standard InChI is InChI=1S/C19H24N4OS/c1-4-5-10-22(3)19-14(2)21-17-9-8-15(13-23(17)19)18(24)20-12-16-7-6-11-25-16/h6-9,11,13H,4-5,10,12H2,1-3H3,(H,20,24). The van der Waals surface area contributed by atoms with E-state index in [4.69, 9.17) is 0 Å². The molecule has 3 aromatic heterocycles. The summed E-state index contributed by atoms with van der Waals surface area (Å²) < 4.78 is 2.02. The molecule has 5 nitrogen and oxygen atoms in total. The molecule has 0 bridgehead atoms. The molecule has 0 aromatic carbocycles. The number of aryl methyl sites for hydroxylation is 1. The van der Waals surface area contributed by atoms with E-state index in [1.807, 2.05) is 47.2 Å². The Labute approximate surface area is 152 Å². The largest absolute Gasteiger partial charge is 0.359 e. The molecular formula is C19H24N4OS. The number of aromatic nitrogens is 2. The Bertz CT molecular complexity index is 854. The van der Waals surface area contributed by atoms with Crippen molar-refractivity contribution in [1.82, 2.24) is 14.7 Å². The number of rotatable bonds is 7. The predicted octanol–water partition coefficient (Wildman–Crippen LogP) is 3.87. The van der Waals surface area contributed by atoms with Crippen LogP contribution in [0.15, 0.2) is 35.8 Å². The molecule has 0 fully saturated rings. The van der Waals surface area contributed by atoms with Gasteiger partial charge in [-0.05, 0) is 36.9 Å². The summed E-state index contributed by atoms with van der Waals surface area (Å²) >= 11 is 1.64. The van der Waals surface area contributed by atoms with Crippen LogP contribution in [0.5, 0.6) is 0 Å². The fourth-order valence-electron chi connectivity index (χ4n) is 2.93. The minimum atomic E-state index is -0.0659. The van der Waals surface area contributed by atoms with Crippen LogP contribution < -0.4 is 10.2 Å². The highest BCUT2D eigenvalue weighted by Gasteiger charge is 2.15. The summed E-state index contributed by atoms with van der Waals surface area (Å²) in [7, 11) is 2.08. The molecule has 25 heavy (non-hydrogen) atoms. The molecule has 0 atom stereocenters. The highest BCUT2D eigenvalue weighted by molar-refractivity contribution is 7.09. The Kier molecular flexibility index (Phi) is 5.38. The molecule has 0 saturated heterocycles. The normalized spacial score (nSPS) is 11.0. The van der Waals surface area contributed by atoms with Gasteiger partial charge in [0, 0.05) is 24.7 Å². The summed E-state index contributed by atoms with van der Waals surface area (Å²) in [6.07, 6.45) is 4.16. The zero-order valence-corrected chi connectivity index (χ0v) is 15.8. The third-order valence-electron chi connectivity index (χ3n) is 4.24. The molecule has 0 aliphatic rings. The summed E-state index contributed by atoms with van der Waals surface area (Å²) in [4.78, 5) is 20.5. The van der Waals surface area contributed by atoms with Crippen molar-refractivity contribution in [3.05, 3.63) is 52.0 Å². The van der Waals surface area contributed by atoms with Crippen molar-refractivity contribution in [1.29, 1.82) is 0 Å². The number of nitrogens with one attached hydrogen (secondary N) is 1. The first-order valence-electron chi connectivity index (χ1n) is 8.60. The number of fused-ring (bicyclic) bond motifs is 1. The number of unbranched alkanes of at least 4 members (excludes halogenated alkanes) is 1. The monoisotopic (exact) mass is 356 g/mol. The van der Waals surface area contributed by atoms with Gasteiger partial charge in [-0.3, -0.25) is 9.20 Å². The van der Waals surface area contributed by atoms with Crippen LogP contribution in [0, 0.1) is 6.92 Å². The highest BCUT2D eigenvalue weighted by atomic mass is 32.1. The lowest BCUT2D eigenvalue weighted by atomic mass is 10.2. The minimum absolute atomic E-state index is 0.0659. The topological polar surface area (TPSA) is 49.6 Å². The Morgan fingerprint density at radius 2 is 2.20 bits per heavy atom. The molecule has 0 aliphatic carbocycles. The molecule has 3 rings (SSSR count). The van der Waals surface area contributed by atoms with E-state index < -0.39 is 0 Å². The number of carbonyl (C=O) groups excluding carboxylic acids is 1. The summed E-state index contributed by atoms with van der Waals surface area (Å²) in [5.74, 6) is 0.986. The van der Waals surface area contributed by atoms with Crippen LogP contribution in [0.25, 0.3) is 5.65 Å². The Morgan fingerprint density at radius 1 is 1.36 bits per heavy atom. The zero-order valence-electron chi connectivity index (χ0n) is 15.0. The highest BCUT2D eigenvalue weighted by Crippen LogP contribution is 2.22. The Morgan fingerprint density at radius 3 is 2.92 bits per heavy atom. The van der Waals surface area contributed by atoms with Gasteiger partial charge in [0.25, 0.3) is 5.91 Å². The number of hydrogen-bond acceptors (Lipinski definition) is 4. The van der Waals surface area contributed by atoms with Gasteiger partial charge in [-0.2, -0.15) is 0 Å². The van der Waals surface area contributed by atoms with Gasteiger partial charge in [0.15, 0.2) is 0 Å². The van der Waals surface area contributed by atoms with Gasteiger partial charge in [-0.15, -0.1) is 11.3 Å². The fourth-order valence-corrected chi connectivity index (χ4v) is 3.57. The van der Waals surface area contributed by atoms with Crippen molar-refractivity contribution in [3.63, 3.8) is 0 Å². The van der Waals surface area contributed by atoms with Crippen LogP contribution in [0.2, 0.25) is 0 Å². The van der Waals surface area contributed by atoms with Crippen LogP contribution in [0.1, 0.15) is 40.7 Å². The molecule has 3 aromatic rings. The van der Waals surface area contributed by atoms with Crippen molar-refractivity contribution in [3.8, 4) is 0 Å². The minimum Gasteiger partial charge on any atom is -0.359 e. The predicted molar refractivity (Wildman–Crippen MR) is 104 cm³/mol. The second-order valence-electron chi connectivity index (χ2n) is 6.20. The Balaban J connectivity index is 1.83. The van der Waals surface area contributed by atoms with Crippen LogP contribution in [0.3, 0.4) is 0 Å². The maximum atomic E-state index is 12.5. The van der Waals surface area contributed by atoms with E-state index in [2.05, 4.69) is 29.2 Å². The van der Waals surface area contributed by atoms with Crippen molar-refractivity contribution < 1.29 is 4.79 Å². The molecule has 1 amide bonds. The summed E-state index contributed by atoms with van der Waals surface area (Å²) in [5, 5.41) is 4.99. The van der Waals surface area contributed by atoms with Gasteiger partial charge in [-0.1, -0.05) is 19.4 Å². The number of imidazole rings is 1. The molecule has 0 radical (unpaired) electrons. The smallest absolute Gasteiger partial charge is 0.253 e. The van der Waals surface area contributed by atoms with Gasteiger partial charge < -0.3 is 10.2 Å². The molecular weight excluding hydrogens is 332 g/mol. The summed E-state index contributed by atoms with van der Waals surface area (Å²) in [6, 6.07) is 7.75. The SMILES string of the molecule is CCCCN(C)c1c(C)nc2ccc(C(=O)NCc3cccs3)cn12. The van der Waals surface area contributed by atoms with E-state index in [0.29, 0.717) is 12.1 Å². The van der Waals surface area contributed by atoms with Gasteiger partial charge in [-0.25, -0.2) is 4.98 Å². The van der Waals surface area contributed by atoms with E-state index in [-0.39, 0.29) is 5.91 Å². The molecule has 0 aliphatic heterocycles. The summed E-state index contributed by atoms with van der Waals surface area (Å²) in [6.45, 7) is 5.73. The van der Waals surface area contributed by atoms with E-state index in [0.717, 1.165) is 41.4 Å². The van der Waals surface area contributed by atoms with Crippen LogP contribution in [-0.2, 0) is 6.54 Å². The van der Waals surface area contributed by atoms with Crippen LogP contribution in [0.4, 0.5) is 5.82 Å². The van der Waals surface area contributed by atoms with Crippen molar-refractivity contribution in [2.45, 2.75) is 33.2 Å². The molecule has 6 heteroatoms. The van der Waals surface area contributed by atoms with E-state index >= 15 is 0 Å². The molecule has 3 heterocycles. The molecule has 0 saturated carbocycles. The molecule has 132 valence electrons.